The summed E-state index contributed by atoms with van der Waals surface area (Å²) in [5.74, 6) is -0.109. The molecule has 0 spiro atoms. The van der Waals surface area contributed by atoms with Crippen LogP contribution in [0, 0.1) is 11.8 Å². The molecule has 2 saturated heterocycles. The molecule has 0 saturated carbocycles. The fraction of sp³-hybridized carbons (Fsp3) is 0.625. The van der Waals surface area contributed by atoms with E-state index in [1.54, 1.807) is 54.4 Å². The molecule has 3 aliphatic heterocycles. The highest BCUT2D eigenvalue weighted by molar-refractivity contribution is 5.96. The molecule has 11 nitrogen and oxygen atoms in total. The number of amides is 4. The highest BCUT2D eigenvalue weighted by atomic mass is 16.5. The second kappa shape index (κ2) is 14.2. The number of carbonyl (C=O) groups excluding carboxylic acids is 4. The van der Waals surface area contributed by atoms with Crippen LogP contribution < -0.4 is 25.4 Å². The Balaban J connectivity index is 1.70. The minimum absolute atomic E-state index is 0.0707. The van der Waals surface area contributed by atoms with Crippen LogP contribution in [-0.2, 0) is 19.2 Å². The lowest BCUT2D eigenvalue weighted by Crippen LogP contribution is -2.61. The molecule has 1 aromatic rings. The van der Waals surface area contributed by atoms with E-state index >= 15 is 0 Å². The number of methoxy groups -OCH3 is 1. The van der Waals surface area contributed by atoms with Gasteiger partial charge in [-0.15, -0.1) is 0 Å². The van der Waals surface area contributed by atoms with Crippen molar-refractivity contribution in [2.24, 2.45) is 11.8 Å². The molecule has 3 N–H and O–H groups in total. The highest BCUT2D eigenvalue weighted by Gasteiger charge is 2.50. The van der Waals surface area contributed by atoms with E-state index < -0.39 is 30.3 Å². The number of hydrogen-bond donors (Lipinski definition) is 3. The molecule has 4 rings (SSSR count). The topological polar surface area (TPSA) is 129 Å². The van der Waals surface area contributed by atoms with Crippen molar-refractivity contribution < 1.29 is 28.7 Å². The number of nitrogens with one attached hydrogen (secondary N) is 3. The van der Waals surface area contributed by atoms with Gasteiger partial charge in [0.25, 0.3) is 0 Å². The summed E-state index contributed by atoms with van der Waals surface area (Å²) in [5, 5.41) is 8.93. The van der Waals surface area contributed by atoms with Crippen LogP contribution in [0.2, 0.25) is 0 Å². The van der Waals surface area contributed by atoms with Gasteiger partial charge in [-0.25, -0.2) is 0 Å². The van der Waals surface area contributed by atoms with Crippen LogP contribution in [0.4, 0.5) is 0 Å². The Morgan fingerprint density at radius 1 is 1.09 bits per heavy atom. The Morgan fingerprint density at radius 3 is 2.49 bits per heavy atom. The molecule has 0 unspecified atom stereocenters. The van der Waals surface area contributed by atoms with E-state index in [0.29, 0.717) is 49.3 Å². The van der Waals surface area contributed by atoms with Gasteiger partial charge in [-0.05, 0) is 56.0 Å². The zero-order valence-electron chi connectivity index (χ0n) is 26.2. The van der Waals surface area contributed by atoms with Gasteiger partial charge >= 0.3 is 0 Å². The molecule has 2 fully saturated rings. The van der Waals surface area contributed by atoms with Crippen LogP contribution in [0.3, 0.4) is 0 Å². The zero-order chi connectivity index (χ0) is 31.3. The minimum Gasteiger partial charge on any atom is -0.496 e. The van der Waals surface area contributed by atoms with Gasteiger partial charge in [0.2, 0.25) is 23.6 Å². The van der Waals surface area contributed by atoms with Crippen molar-refractivity contribution in [1.29, 1.82) is 0 Å². The maximum Gasteiger partial charge on any atom is 0.249 e. The first-order valence-electron chi connectivity index (χ1n) is 15.5. The number of ether oxygens (including phenoxy) is 2. The third-order valence-electron chi connectivity index (χ3n) is 9.28. The maximum absolute atomic E-state index is 14.3. The van der Waals surface area contributed by atoms with Gasteiger partial charge in [-0.2, -0.15) is 0 Å². The molecule has 0 aliphatic carbocycles. The van der Waals surface area contributed by atoms with Crippen molar-refractivity contribution in [2.75, 3.05) is 27.2 Å². The van der Waals surface area contributed by atoms with Crippen molar-refractivity contribution in [3.05, 3.63) is 30.0 Å². The third-order valence-corrected chi connectivity index (χ3v) is 9.28. The number of rotatable bonds is 9. The summed E-state index contributed by atoms with van der Waals surface area (Å²) in [6.07, 6.45) is 5.75. The van der Waals surface area contributed by atoms with Crippen LogP contribution in [0.1, 0.15) is 65.4 Å². The second-order valence-electron chi connectivity index (χ2n) is 11.9. The van der Waals surface area contributed by atoms with E-state index in [2.05, 4.69) is 16.0 Å². The standard InChI is InChI=1S/C32H47N5O6/c1-7-19(3)26(33-5)30(39)35-27(20(4)8-2)31(40)37-17-14-25-28(37)32(41)36-16-9-10-23(36)29(38)34-15-13-21-18-22(43-25)11-12-24(21)42-6/h11-13,15,18-20,23,25-28,33H,7-10,14,16-17H2,1-6H3,(H,34,38)(H,35,39)/t19-,20+,23+,25+,26-,27-,28+/m0/s1. The Bertz CT molecular complexity index is 1220. The van der Waals surface area contributed by atoms with Gasteiger partial charge in [0.05, 0.1) is 13.2 Å². The summed E-state index contributed by atoms with van der Waals surface area (Å²) in [7, 11) is 3.31. The SMILES string of the molecule is CC[C@@H](C)[C@H](NC(=O)[C@@H](NC)[C@@H](C)CC)C(=O)N1CC[C@H]2Oc3ccc(OC)c(c3)C=CNC(=O)[C@H]3CCCN3C(=O)[C@@H]21. The van der Waals surface area contributed by atoms with Crippen molar-refractivity contribution in [2.45, 2.75) is 90.1 Å². The van der Waals surface area contributed by atoms with Crippen molar-refractivity contribution in [1.82, 2.24) is 25.8 Å². The molecular weight excluding hydrogens is 550 g/mol. The molecule has 1 aromatic carbocycles. The second-order valence-corrected chi connectivity index (χ2v) is 11.9. The largest absolute Gasteiger partial charge is 0.496 e. The number of fused-ring (bicyclic) bond motifs is 4. The van der Waals surface area contributed by atoms with E-state index in [1.165, 1.54) is 0 Å². The smallest absolute Gasteiger partial charge is 0.249 e. The van der Waals surface area contributed by atoms with Crippen molar-refractivity contribution in [3.8, 4) is 11.5 Å². The molecular formula is C32H47N5O6. The molecule has 0 radical (unpaired) electrons. The number of hydrogen-bond acceptors (Lipinski definition) is 7. The molecule has 43 heavy (non-hydrogen) atoms. The summed E-state index contributed by atoms with van der Waals surface area (Å²) in [6, 6.07) is 2.47. The van der Waals surface area contributed by atoms with Crippen LogP contribution >= 0.6 is 0 Å². The first kappa shape index (κ1) is 32.3. The lowest BCUT2D eigenvalue weighted by atomic mass is 9.94. The minimum atomic E-state index is -0.946. The van der Waals surface area contributed by atoms with Crippen molar-refractivity contribution in [3.63, 3.8) is 0 Å². The first-order valence-corrected chi connectivity index (χ1v) is 15.5. The highest BCUT2D eigenvalue weighted by Crippen LogP contribution is 2.32. The Kier molecular flexibility index (Phi) is 10.7. The van der Waals surface area contributed by atoms with Gasteiger partial charge in [0.15, 0.2) is 0 Å². The van der Waals surface area contributed by atoms with Gasteiger partial charge < -0.3 is 35.2 Å². The van der Waals surface area contributed by atoms with Gasteiger partial charge in [0.1, 0.15) is 35.7 Å². The number of carbonyl (C=O) groups is 4. The van der Waals surface area contributed by atoms with Crippen LogP contribution in [0.25, 0.3) is 6.08 Å². The fourth-order valence-electron chi connectivity index (χ4n) is 6.32. The summed E-state index contributed by atoms with van der Waals surface area (Å²) >= 11 is 0. The summed E-state index contributed by atoms with van der Waals surface area (Å²) in [5.41, 5.74) is 0.705. The van der Waals surface area contributed by atoms with Gasteiger partial charge in [0, 0.05) is 31.3 Å². The molecule has 11 heteroatoms. The Hall–Kier alpha value is -3.60. The predicted octanol–water partition coefficient (Wildman–Crippen LogP) is 2.30. The van der Waals surface area contributed by atoms with Gasteiger partial charge in [-0.1, -0.05) is 40.5 Å². The molecule has 4 amide bonds. The lowest BCUT2D eigenvalue weighted by Gasteiger charge is -2.36. The van der Waals surface area contributed by atoms with E-state index in [9.17, 15) is 19.2 Å². The number of benzene rings is 1. The average Bonchev–Trinajstić information content (AvgIpc) is 3.67. The molecule has 3 aliphatic rings. The Morgan fingerprint density at radius 2 is 1.81 bits per heavy atom. The molecule has 3 heterocycles. The summed E-state index contributed by atoms with van der Waals surface area (Å²) in [6.45, 7) is 8.63. The number of likely N-dealkylation sites (N-methyl/N-ethyl adjacent to an activating group) is 1. The van der Waals surface area contributed by atoms with Crippen molar-refractivity contribution >= 4 is 29.7 Å². The van der Waals surface area contributed by atoms with Crippen LogP contribution in [0.15, 0.2) is 24.4 Å². The third kappa shape index (κ3) is 6.82. The normalized spacial score (nSPS) is 24.7. The average molecular weight is 598 g/mol. The fourth-order valence-corrected chi connectivity index (χ4v) is 6.32. The summed E-state index contributed by atoms with van der Waals surface area (Å²) in [4.78, 5) is 58.4. The quantitative estimate of drug-likeness (QED) is 0.399. The van der Waals surface area contributed by atoms with E-state index in [4.69, 9.17) is 9.47 Å². The first-order chi connectivity index (χ1) is 20.6. The van der Waals surface area contributed by atoms with Gasteiger partial charge in [-0.3, -0.25) is 19.2 Å². The predicted molar refractivity (Wildman–Crippen MR) is 163 cm³/mol. The molecule has 2 bridgehead atoms. The molecule has 236 valence electrons. The monoisotopic (exact) mass is 597 g/mol. The van der Waals surface area contributed by atoms with Crippen LogP contribution in [-0.4, -0.2) is 90.9 Å². The molecule has 7 atom stereocenters. The van der Waals surface area contributed by atoms with E-state index in [-0.39, 0.29) is 42.0 Å². The zero-order valence-corrected chi connectivity index (χ0v) is 26.2. The number of likely N-dealkylation sites (tertiary alicyclic amines) is 1. The number of nitrogens with zero attached hydrogens (tertiary/aromatic N) is 2. The maximum atomic E-state index is 14.3. The summed E-state index contributed by atoms with van der Waals surface area (Å²) < 4.78 is 11.9. The Labute approximate surface area is 254 Å². The van der Waals surface area contributed by atoms with E-state index in [0.717, 1.165) is 6.42 Å². The molecule has 0 aromatic heterocycles. The lowest BCUT2D eigenvalue weighted by molar-refractivity contribution is -0.150. The van der Waals surface area contributed by atoms with Crippen LogP contribution in [0.5, 0.6) is 11.5 Å². The van der Waals surface area contributed by atoms with E-state index in [1.807, 2.05) is 27.7 Å².